The van der Waals surface area contributed by atoms with Gasteiger partial charge in [-0.1, -0.05) is 0 Å². The number of nitrogens with two attached hydrogens (primary N) is 1. The quantitative estimate of drug-likeness (QED) is 0.467. The van der Waals surface area contributed by atoms with Gasteiger partial charge in [0.25, 0.3) is 11.6 Å². The number of non-ortho nitro benzene ring substituents is 1. The fraction of sp³-hybridized carbons (Fsp3) is 0.0556. The lowest BCUT2D eigenvalue weighted by atomic mass is 10.2. The molecule has 3 aromatic rings. The number of rotatable bonds is 5. The molecule has 0 unspecified atom stereocenters. The highest BCUT2D eigenvalue weighted by molar-refractivity contribution is 6.04. The first-order valence-electron chi connectivity index (χ1n) is 7.95. The zero-order valence-corrected chi connectivity index (χ0v) is 14.3. The van der Waals surface area contributed by atoms with Crippen LogP contribution in [0.1, 0.15) is 16.1 Å². The molecule has 1 heterocycles. The second kappa shape index (κ2) is 7.48. The van der Waals surface area contributed by atoms with Crippen LogP contribution in [0.25, 0.3) is 0 Å². The molecule has 0 radical (unpaired) electrons. The summed E-state index contributed by atoms with van der Waals surface area (Å²) in [6.07, 6.45) is 0. The van der Waals surface area contributed by atoms with Crippen molar-refractivity contribution >= 4 is 34.7 Å². The maximum atomic E-state index is 12.3. The molecule has 4 N–H and O–H groups in total. The smallest absolute Gasteiger partial charge is 0.269 e. The Morgan fingerprint density at radius 3 is 2.26 bits per heavy atom. The number of nitrogens with one attached hydrogen (secondary N) is 2. The number of aromatic nitrogens is 2. The number of aryl methyl sites for hydroxylation is 1. The van der Waals surface area contributed by atoms with Gasteiger partial charge >= 0.3 is 0 Å². The molecule has 0 fully saturated rings. The molecule has 0 aliphatic carbocycles. The summed E-state index contributed by atoms with van der Waals surface area (Å²) in [6.45, 7) is 1.81. The van der Waals surface area contributed by atoms with Gasteiger partial charge in [-0.2, -0.15) is 4.98 Å². The minimum Gasteiger partial charge on any atom is -0.368 e. The average Bonchev–Trinajstić information content (AvgIpc) is 2.62. The van der Waals surface area contributed by atoms with E-state index in [-0.39, 0.29) is 17.5 Å². The second-order valence-electron chi connectivity index (χ2n) is 5.71. The summed E-state index contributed by atoms with van der Waals surface area (Å²) in [5.74, 6) is 0.414. The molecule has 3 rings (SSSR count). The molecule has 27 heavy (non-hydrogen) atoms. The first-order chi connectivity index (χ1) is 12.9. The van der Waals surface area contributed by atoms with Crippen molar-refractivity contribution in [3.05, 3.63) is 76.0 Å². The van der Waals surface area contributed by atoms with Gasteiger partial charge in [0.15, 0.2) is 0 Å². The predicted molar refractivity (Wildman–Crippen MR) is 102 cm³/mol. The van der Waals surface area contributed by atoms with E-state index in [1.807, 2.05) is 6.92 Å². The van der Waals surface area contributed by atoms with Crippen molar-refractivity contribution in [1.82, 2.24) is 9.97 Å². The number of hydrogen-bond donors (Lipinski definition) is 3. The number of nitro benzene ring substituents is 1. The summed E-state index contributed by atoms with van der Waals surface area (Å²) in [4.78, 5) is 30.5. The summed E-state index contributed by atoms with van der Waals surface area (Å²) in [5, 5.41) is 16.4. The Hall–Kier alpha value is -4.01. The van der Waals surface area contributed by atoms with Gasteiger partial charge in [0.2, 0.25) is 5.95 Å². The van der Waals surface area contributed by atoms with Crippen LogP contribution in [0, 0.1) is 17.0 Å². The van der Waals surface area contributed by atoms with Gasteiger partial charge < -0.3 is 16.4 Å². The van der Waals surface area contributed by atoms with Crippen molar-refractivity contribution in [3.8, 4) is 0 Å². The monoisotopic (exact) mass is 364 g/mol. The van der Waals surface area contributed by atoms with Crippen molar-refractivity contribution in [3.63, 3.8) is 0 Å². The second-order valence-corrected chi connectivity index (χ2v) is 5.71. The fourth-order valence-corrected chi connectivity index (χ4v) is 2.38. The molecule has 0 aliphatic heterocycles. The summed E-state index contributed by atoms with van der Waals surface area (Å²) in [7, 11) is 0. The minimum atomic E-state index is -0.496. The summed E-state index contributed by atoms with van der Waals surface area (Å²) in [6, 6.07) is 14.2. The van der Waals surface area contributed by atoms with E-state index in [9.17, 15) is 14.9 Å². The largest absolute Gasteiger partial charge is 0.368 e. The molecule has 0 aliphatic rings. The number of nitrogen functional groups attached to an aromatic ring is 1. The third-order valence-corrected chi connectivity index (χ3v) is 3.63. The van der Waals surface area contributed by atoms with Crippen LogP contribution in [0.2, 0.25) is 0 Å². The van der Waals surface area contributed by atoms with E-state index in [0.29, 0.717) is 17.1 Å². The number of carbonyl (C=O) groups excluding carboxylic acids is 1. The zero-order valence-electron chi connectivity index (χ0n) is 14.3. The predicted octanol–water partition coefficient (Wildman–Crippen LogP) is 3.27. The topological polar surface area (TPSA) is 136 Å². The van der Waals surface area contributed by atoms with Crippen molar-refractivity contribution in [2.24, 2.45) is 0 Å². The van der Waals surface area contributed by atoms with Crippen molar-refractivity contribution in [2.45, 2.75) is 6.92 Å². The van der Waals surface area contributed by atoms with Gasteiger partial charge in [-0.15, -0.1) is 0 Å². The maximum absolute atomic E-state index is 12.3. The Balaban J connectivity index is 1.67. The number of carbonyl (C=O) groups is 1. The van der Waals surface area contributed by atoms with Crippen LogP contribution in [-0.4, -0.2) is 20.8 Å². The highest BCUT2D eigenvalue weighted by Gasteiger charge is 2.09. The van der Waals surface area contributed by atoms with Crippen LogP contribution < -0.4 is 16.4 Å². The van der Waals surface area contributed by atoms with E-state index in [0.717, 1.165) is 11.4 Å². The van der Waals surface area contributed by atoms with Crippen molar-refractivity contribution in [2.75, 3.05) is 16.4 Å². The Morgan fingerprint density at radius 2 is 1.67 bits per heavy atom. The van der Waals surface area contributed by atoms with E-state index >= 15 is 0 Å². The number of nitro groups is 1. The van der Waals surface area contributed by atoms with Crippen LogP contribution in [0.4, 0.5) is 28.8 Å². The van der Waals surface area contributed by atoms with Gasteiger partial charge in [-0.3, -0.25) is 14.9 Å². The molecule has 0 bridgehead atoms. The molecule has 0 atom stereocenters. The van der Waals surface area contributed by atoms with Gasteiger partial charge in [0.05, 0.1) is 4.92 Å². The zero-order chi connectivity index (χ0) is 19.4. The summed E-state index contributed by atoms with van der Waals surface area (Å²) in [5.41, 5.74) is 7.98. The van der Waals surface area contributed by atoms with Gasteiger partial charge in [-0.05, 0) is 43.3 Å². The highest BCUT2D eigenvalue weighted by Crippen LogP contribution is 2.19. The van der Waals surface area contributed by atoms with E-state index < -0.39 is 4.92 Å². The standard InChI is InChI=1S/C18H16N6O3/c1-11-10-16(23-18(19)20-11)21-13-4-2-12(3-5-13)17(25)22-14-6-8-15(9-7-14)24(26)27/h2-10H,1H3,(H,22,25)(H3,19,20,21,23). The highest BCUT2D eigenvalue weighted by atomic mass is 16.6. The number of anilines is 4. The molecule has 0 saturated heterocycles. The molecule has 0 spiro atoms. The molecule has 9 nitrogen and oxygen atoms in total. The van der Waals surface area contributed by atoms with Gasteiger partial charge in [0, 0.05) is 40.8 Å². The van der Waals surface area contributed by atoms with Crippen LogP contribution in [-0.2, 0) is 0 Å². The van der Waals surface area contributed by atoms with Gasteiger partial charge in [0.1, 0.15) is 5.82 Å². The van der Waals surface area contributed by atoms with Crippen LogP contribution >= 0.6 is 0 Å². The van der Waals surface area contributed by atoms with E-state index in [1.165, 1.54) is 24.3 Å². The Labute approximate surface area is 154 Å². The molecule has 9 heteroatoms. The molecule has 1 amide bonds. The molecule has 0 saturated carbocycles. The van der Waals surface area contributed by atoms with Gasteiger partial charge in [-0.25, -0.2) is 4.98 Å². The van der Waals surface area contributed by atoms with Crippen LogP contribution in [0.5, 0.6) is 0 Å². The van der Waals surface area contributed by atoms with E-state index in [2.05, 4.69) is 20.6 Å². The first kappa shape index (κ1) is 17.8. The normalized spacial score (nSPS) is 10.3. The lowest BCUT2D eigenvalue weighted by molar-refractivity contribution is -0.384. The Kier molecular flexibility index (Phi) is 4.93. The van der Waals surface area contributed by atoms with Crippen molar-refractivity contribution < 1.29 is 9.72 Å². The number of hydrogen-bond acceptors (Lipinski definition) is 7. The van der Waals surface area contributed by atoms with Crippen molar-refractivity contribution in [1.29, 1.82) is 0 Å². The summed E-state index contributed by atoms with van der Waals surface area (Å²) < 4.78 is 0. The van der Waals surface area contributed by atoms with Crippen LogP contribution in [0.15, 0.2) is 54.6 Å². The average molecular weight is 364 g/mol. The summed E-state index contributed by atoms with van der Waals surface area (Å²) >= 11 is 0. The fourth-order valence-electron chi connectivity index (χ4n) is 2.38. The lowest BCUT2D eigenvalue weighted by Crippen LogP contribution is -2.11. The number of amides is 1. The molecule has 136 valence electrons. The molecule has 2 aromatic carbocycles. The molecule has 1 aromatic heterocycles. The lowest BCUT2D eigenvalue weighted by Gasteiger charge is -2.08. The Morgan fingerprint density at radius 1 is 1.04 bits per heavy atom. The van der Waals surface area contributed by atoms with Crippen LogP contribution in [0.3, 0.4) is 0 Å². The maximum Gasteiger partial charge on any atom is 0.269 e. The third-order valence-electron chi connectivity index (χ3n) is 3.63. The van der Waals surface area contributed by atoms with E-state index in [1.54, 1.807) is 30.3 Å². The molecular weight excluding hydrogens is 348 g/mol. The first-order valence-corrected chi connectivity index (χ1v) is 7.95. The van der Waals surface area contributed by atoms with E-state index in [4.69, 9.17) is 5.73 Å². The third kappa shape index (κ3) is 4.54. The Bertz CT molecular complexity index is 967. The number of nitrogens with zero attached hydrogens (tertiary/aromatic N) is 3. The SMILES string of the molecule is Cc1cc(Nc2ccc(C(=O)Nc3ccc([N+](=O)[O-])cc3)cc2)nc(N)n1. The minimum absolute atomic E-state index is 0.0379. The molecular formula is C18H16N6O3. The number of benzene rings is 2.